The van der Waals surface area contributed by atoms with Gasteiger partial charge in [-0.05, 0) is 37.7 Å². The topological polar surface area (TPSA) is 24.9 Å². The molecule has 0 bridgehead atoms. The quantitative estimate of drug-likeness (QED) is 0.905. The van der Waals surface area contributed by atoms with Gasteiger partial charge in [-0.2, -0.15) is 11.8 Å². The van der Waals surface area contributed by atoms with Crippen LogP contribution in [0.25, 0.3) is 11.3 Å². The molecule has 2 heterocycles. The first-order chi connectivity index (χ1) is 9.31. The number of benzene rings is 1. The van der Waals surface area contributed by atoms with Gasteiger partial charge in [0.25, 0.3) is 0 Å². The second-order valence-corrected chi connectivity index (χ2v) is 7.10. The Bertz CT molecular complexity index is 545. The third-order valence-corrected chi connectivity index (χ3v) is 5.30. The van der Waals surface area contributed by atoms with Crippen LogP contribution in [-0.2, 0) is 0 Å². The highest BCUT2D eigenvalue weighted by atomic mass is 32.2. The Labute approximate surface area is 122 Å². The van der Waals surface area contributed by atoms with Crippen LogP contribution < -0.4 is 5.32 Å². The summed E-state index contributed by atoms with van der Waals surface area (Å²) in [6.07, 6.45) is 2.61. The lowest BCUT2D eigenvalue weighted by Crippen LogP contribution is -2.25. The van der Waals surface area contributed by atoms with Crippen LogP contribution in [0, 0.1) is 6.92 Å². The van der Waals surface area contributed by atoms with Gasteiger partial charge < -0.3 is 5.32 Å². The highest BCUT2D eigenvalue weighted by Gasteiger charge is 2.13. The van der Waals surface area contributed by atoms with Crippen molar-refractivity contribution in [3.8, 4) is 11.3 Å². The molecule has 100 valence electrons. The second kappa shape index (κ2) is 5.97. The van der Waals surface area contributed by atoms with Crippen LogP contribution in [0.5, 0.6) is 0 Å². The highest BCUT2D eigenvalue weighted by Crippen LogP contribution is 2.26. The molecule has 2 aromatic rings. The molecule has 0 radical (unpaired) electrons. The van der Waals surface area contributed by atoms with E-state index in [-0.39, 0.29) is 0 Å². The van der Waals surface area contributed by atoms with Gasteiger partial charge in [-0.3, -0.25) is 0 Å². The zero-order valence-corrected chi connectivity index (χ0v) is 12.7. The van der Waals surface area contributed by atoms with Crippen molar-refractivity contribution >= 4 is 28.8 Å². The molecule has 0 spiro atoms. The van der Waals surface area contributed by atoms with Gasteiger partial charge in [-0.25, -0.2) is 4.98 Å². The van der Waals surface area contributed by atoms with E-state index < -0.39 is 0 Å². The number of aryl methyl sites for hydroxylation is 1. The van der Waals surface area contributed by atoms with Crippen molar-refractivity contribution in [3.05, 3.63) is 34.7 Å². The van der Waals surface area contributed by atoms with Crippen LogP contribution in [0.1, 0.15) is 17.8 Å². The summed E-state index contributed by atoms with van der Waals surface area (Å²) in [6, 6.07) is 9.24. The maximum Gasteiger partial charge on any atom is 0.0901 e. The number of hydrogen-bond acceptors (Lipinski definition) is 4. The summed E-state index contributed by atoms with van der Waals surface area (Å²) in [5.74, 6) is 2.54. The third-order valence-electron chi connectivity index (χ3n) is 3.31. The van der Waals surface area contributed by atoms with Gasteiger partial charge in [0.15, 0.2) is 0 Å². The summed E-state index contributed by atoms with van der Waals surface area (Å²) in [6.45, 7) is 2.05. The smallest absolute Gasteiger partial charge is 0.0901 e. The molecule has 1 aromatic carbocycles. The van der Waals surface area contributed by atoms with Gasteiger partial charge in [0, 0.05) is 28.4 Å². The lowest BCUT2D eigenvalue weighted by molar-refractivity contribution is 0.685. The van der Waals surface area contributed by atoms with Crippen LogP contribution in [0.2, 0.25) is 0 Å². The van der Waals surface area contributed by atoms with Crippen molar-refractivity contribution in [2.45, 2.75) is 25.8 Å². The Morgan fingerprint density at radius 1 is 1.37 bits per heavy atom. The molecule has 0 amide bonds. The van der Waals surface area contributed by atoms with Gasteiger partial charge in [-0.15, -0.1) is 11.3 Å². The molecular weight excluding hydrogens is 272 g/mol. The Kier molecular flexibility index (Phi) is 4.09. The van der Waals surface area contributed by atoms with Crippen LogP contribution in [0.15, 0.2) is 29.6 Å². The molecule has 1 aromatic heterocycles. The molecule has 1 aliphatic rings. The molecule has 0 saturated carbocycles. The summed E-state index contributed by atoms with van der Waals surface area (Å²) in [4.78, 5) is 4.56. The largest absolute Gasteiger partial charge is 0.381 e. The average Bonchev–Trinajstić information content (AvgIpc) is 2.87. The standard InChI is InChI=1S/C15H18N2S2/c1-11-16-15(10-19-11)12-4-2-5-13(8-12)17-14-6-3-7-18-9-14/h2,4-5,8,10,14,17H,3,6-7,9H2,1H3. The van der Waals surface area contributed by atoms with Crippen molar-refractivity contribution in [1.82, 2.24) is 4.98 Å². The molecule has 19 heavy (non-hydrogen) atoms. The summed E-state index contributed by atoms with van der Waals surface area (Å²) >= 11 is 3.76. The molecule has 1 N–H and O–H groups in total. The van der Waals surface area contributed by atoms with Crippen molar-refractivity contribution in [3.63, 3.8) is 0 Å². The minimum atomic E-state index is 0.617. The van der Waals surface area contributed by atoms with Gasteiger partial charge in [0.2, 0.25) is 0 Å². The van der Waals surface area contributed by atoms with E-state index in [2.05, 4.69) is 58.6 Å². The van der Waals surface area contributed by atoms with E-state index in [0.29, 0.717) is 6.04 Å². The highest BCUT2D eigenvalue weighted by molar-refractivity contribution is 7.99. The zero-order valence-electron chi connectivity index (χ0n) is 11.1. The maximum absolute atomic E-state index is 4.56. The van der Waals surface area contributed by atoms with E-state index in [9.17, 15) is 0 Å². The minimum absolute atomic E-state index is 0.617. The fraction of sp³-hybridized carbons (Fsp3) is 0.400. The van der Waals surface area contributed by atoms with Crippen LogP contribution >= 0.6 is 23.1 Å². The first kappa shape index (κ1) is 13.0. The van der Waals surface area contributed by atoms with Crippen molar-refractivity contribution < 1.29 is 0 Å². The number of thiazole rings is 1. The molecule has 1 fully saturated rings. The number of nitrogens with zero attached hydrogens (tertiary/aromatic N) is 1. The maximum atomic E-state index is 4.56. The van der Waals surface area contributed by atoms with Crippen molar-refractivity contribution in [2.75, 3.05) is 16.8 Å². The van der Waals surface area contributed by atoms with Crippen LogP contribution in [0.3, 0.4) is 0 Å². The van der Waals surface area contributed by atoms with E-state index in [1.807, 2.05) is 0 Å². The Balaban J connectivity index is 1.75. The van der Waals surface area contributed by atoms with E-state index in [1.54, 1.807) is 11.3 Å². The van der Waals surface area contributed by atoms with Crippen LogP contribution in [-0.4, -0.2) is 22.5 Å². The number of nitrogens with one attached hydrogen (secondary N) is 1. The fourth-order valence-corrected chi connectivity index (χ4v) is 4.05. The molecule has 1 aliphatic heterocycles. The number of anilines is 1. The van der Waals surface area contributed by atoms with E-state index >= 15 is 0 Å². The third kappa shape index (κ3) is 3.31. The van der Waals surface area contributed by atoms with E-state index in [0.717, 1.165) is 10.7 Å². The van der Waals surface area contributed by atoms with E-state index in [1.165, 1.54) is 35.6 Å². The molecule has 3 rings (SSSR count). The molecule has 1 unspecified atom stereocenters. The molecular formula is C15H18N2S2. The average molecular weight is 290 g/mol. The number of aromatic nitrogens is 1. The minimum Gasteiger partial charge on any atom is -0.381 e. The molecule has 1 atom stereocenters. The summed E-state index contributed by atoms with van der Waals surface area (Å²) < 4.78 is 0. The fourth-order valence-electron chi connectivity index (χ4n) is 2.35. The Morgan fingerprint density at radius 3 is 3.05 bits per heavy atom. The van der Waals surface area contributed by atoms with Gasteiger partial charge in [0.05, 0.1) is 10.7 Å². The summed E-state index contributed by atoms with van der Waals surface area (Å²) in [7, 11) is 0. The second-order valence-electron chi connectivity index (χ2n) is 4.89. The first-order valence-corrected chi connectivity index (χ1v) is 8.71. The number of thioether (sulfide) groups is 1. The first-order valence-electron chi connectivity index (χ1n) is 6.68. The summed E-state index contributed by atoms with van der Waals surface area (Å²) in [5.41, 5.74) is 3.51. The Hall–Kier alpha value is -1.00. The zero-order chi connectivity index (χ0) is 13.1. The molecule has 4 heteroatoms. The van der Waals surface area contributed by atoms with Crippen molar-refractivity contribution in [2.24, 2.45) is 0 Å². The molecule has 1 saturated heterocycles. The number of rotatable bonds is 3. The summed E-state index contributed by atoms with van der Waals surface area (Å²) in [5, 5.41) is 6.90. The SMILES string of the molecule is Cc1nc(-c2cccc(NC3CCCSC3)c2)cs1. The monoisotopic (exact) mass is 290 g/mol. The predicted molar refractivity (Wildman–Crippen MR) is 86.3 cm³/mol. The van der Waals surface area contributed by atoms with Crippen LogP contribution in [0.4, 0.5) is 5.69 Å². The normalized spacial score (nSPS) is 19.3. The lowest BCUT2D eigenvalue weighted by Gasteiger charge is -2.23. The van der Waals surface area contributed by atoms with Gasteiger partial charge in [0.1, 0.15) is 0 Å². The van der Waals surface area contributed by atoms with Gasteiger partial charge in [-0.1, -0.05) is 12.1 Å². The van der Waals surface area contributed by atoms with Crippen molar-refractivity contribution in [1.29, 1.82) is 0 Å². The molecule has 0 aliphatic carbocycles. The lowest BCUT2D eigenvalue weighted by atomic mass is 10.1. The van der Waals surface area contributed by atoms with E-state index in [4.69, 9.17) is 0 Å². The number of hydrogen-bond donors (Lipinski definition) is 1. The van der Waals surface area contributed by atoms with Gasteiger partial charge >= 0.3 is 0 Å². The predicted octanol–water partition coefficient (Wildman–Crippen LogP) is 4.43. The molecule has 2 nitrogen and oxygen atoms in total. The Morgan fingerprint density at radius 2 is 2.32 bits per heavy atom.